The van der Waals surface area contributed by atoms with Crippen LogP contribution in [0, 0.1) is 5.82 Å². The average Bonchev–Trinajstić information content (AvgIpc) is 3.21. The maximum atomic E-state index is 14.4. The molecule has 0 spiro atoms. The summed E-state index contributed by atoms with van der Waals surface area (Å²) in [5.74, 6) is 0.480. The zero-order valence-corrected chi connectivity index (χ0v) is 13.9. The predicted octanol–water partition coefficient (Wildman–Crippen LogP) is 2.80. The van der Waals surface area contributed by atoms with Crippen molar-refractivity contribution < 1.29 is 4.39 Å². The number of hydrogen-bond donors (Lipinski definition) is 1. The average molecular weight is 328 g/mol. The Morgan fingerprint density at radius 2 is 2.04 bits per heavy atom. The minimum Gasteiger partial charge on any atom is -0.317 e. The minimum atomic E-state index is -0.289. The van der Waals surface area contributed by atoms with E-state index in [0.717, 1.165) is 37.0 Å². The number of nitrogens with zero attached hydrogens (tertiary/aromatic N) is 5. The van der Waals surface area contributed by atoms with Crippen LogP contribution in [-0.4, -0.2) is 37.9 Å². The molecule has 3 heterocycles. The summed E-state index contributed by atoms with van der Waals surface area (Å²) in [6.45, 7) is 6.08. The molecule has 0 amide bonds. The molecule has 3 aromatic rings. The van der Waals surface area contributed by atoms with Crippen molar-refractivity contribution in [3.63, 3.8) is 0 Å². The minimum absolute atomic E-state index is 0.204. The Balaban J connectivity index is 1.80. The SMILES string of the molecule is CC(C)c1nn(-c2cn(C3CCNCC3)nn2)c2c(F)cccc12. The Labute approximate surface area is 139 Å². The maximum Gasteiger partial charge on any atom is 0.196 e. The van der Waals surface area contributed by atoms with Gasteiger partial charge >= 0.3 is 0 Å². The lowest BCUT2D eigenvalue weighted by Crippen LogP contribution is -2.29. The lowest BCUT2D eigenvalue weighted by molar-refractivity contribution is 0.337. The fraction of sp³-hybridized carbons (Fsp3) is 0.471. The van der Waals surface area contributed by atoms with Crippen molar-refractivity contribution >= 4 is 10.9 Å². The molecule has 1 aliphatic rings. The van der Waals surface area contributed by atoms with Gasteiger partial charge in [0.25, 0.3) is 0 Å². The van der Waals surface area contributed by atoms with Gasteiger partial charge in [0.05, 0.1) is 17.9 Å². The molecule has 6 nitrogen and oxygen atoms in total. The van der Waals surface area contributed by atoms with Crippen LogP contribution in [0.1, 0.15) is 44.3 Å². The molecule has 0 bridgehead atoms. The highest BCUT2D eigenvalue weighted by molar-refractivity contribution is 5.84. The van der Waals surface area contributed by atoms with Crippen LogP contribution >= 0.6 is 0 Å². The molecule has 0 unspecified atom stereocenters. The van der Waals surface area contributed by atoms with Crippen molar-refractivity contribution in [3.05, 3.63) is 35.9 Å². The standard InChI is InChI=1S/C17H21FN6/c1-11(2)16-13-4-3-5-14(18)17(13)24(21-16)15-10-23(22-20-15)12-6-8-19-9-7-12/h3-5,10-12,19H,6-9H2,1-2H3. The Morgan fingerprint density at radius 1 is 1.25 bits per heavy atom. The quantitative estimate of drug-likeness (QED) is 0.803. The van der Waals surface area contributed by atoms with Crippen LogP contribution in [0.25, 0.3) is 16.7 Å². The van der Waals surface area contributed by atoms with Crippen LogP contribution in [-0.2, 0) is 0 Å². The molecular formula is C17H21FN6. The molecule has 1 N–H and O–H groups in total. The lowest BCUT2D eigenvalue weighted by Gasteiger charge is -2.21. The van der Waals surface area contributed by atoms with E-state index in [1.807, 2.05) is 16.9 Å². The molecule has 0 saturated carbocycles. The van der Waals surface area contributed by atoms with Crippen molar-refractivity contribution in [1.82, 2.24) is 30.1 Å². The van der Waals surface area contributed by atoms with E-state index in [0.29, 0.717) is 17.4 Å². The molecule has 1 aromatic carbocycles. The van der Waals surface area contributed by atoms with Crippen molar-refractivity contribution in [2.45, 2.75) is 38.6 Å². The second-order valence-corrected chi connectivity index (χ2v) is 6.63. The molecule has 1 saturated heterocycles. The van der Waals surface area contributed by atoms with Crippen LogP contribution in [0.3, 0.4) is 0 Å². The summed E-state index contributed by atoms with van der Waals surface area (Å²) in [4.78, 5) is 0. The fourth-order valence-electron chi connectivity index (χ4n) is 3.36. The smallest absolute Gasteiger partial charge is 0.196 e. The van der Waals surface area contributed by atoms with E-state index in [2.05, 4.69) is 34.6 Å². The first-order valence-corrected chi connectivity index (χ1v) is 8.45. The van der Waals surface area contributed by atoms with Gasteiger partial charge in [-0.3, -0.25) is 0 Å². The Kier molecular flexibility index (Phi) is 3.80. The molecule has 126 valence electrons. The van der Waals surface area contributed by atoms with Crippen molar-refractivity contribution in [3.8, 4) is 5.82 Å². The van der Waals surface area contributed by atoms with E-state index in [-0.39, 0.29) is 11.7 Å². The molecule has 24 heavy (non-hydrogen) atoms. The highest BCUT2D eigenvalue weighted by Gasteiger charge is 2.21. The van der Waals surface area contributed by atoms with Crippen LogP contribution in [0.4, 0.5) is 4.39 Å². The van der Waals surface area contributed by atoms with E-state index in [1.165, 1.54) is 6.07 Å². The fourth-order valence-corrected chi connectivity index (χ4v) is 3.36. The maximum absolute atomic E-state index is 14.4. The van der Waals surface area contributed by atoms with Gasteiger partial charge in [0.2, 0.25) is 0 Å². The second kappa shape index (κ2) is 5.98. The number of piperidine rings is 1. The molecule has 4 rings (SSSR count). The van der Waals surface area contributed by atoms with E-state index in [9.17, 15) is 4.39 Å². The summed E-state index contributed by atoms with van der Waals surface area (Å²) in [5.41, 5.74) is 1.35. The second-order valence-electron chi connectivity index (χ2n) is 6.63. The van der Waals surface area contributed by atoms with Gasteiger partial charge in [-0.1, -0.05) is 31.2 Å². The number of nitrogens with one attached hydrogen (secondary N) is 1. The first-order valence-electron chi connectivity index (χ1n) is 8.45. The number of rotatable bonds is 3. The Hall–Kier alpha value is -2.28. The van der Waals surface area contributed by atoms with Crippen molar-refractivity contribution in [2.24, 2.45) is 0 Å². The number of benzene rings is 1. The van der Waals surface area contributed by atoms with E-state index in [1.54, 1.807) is 10.7 Å². The highest BCUT2D eigenvalue weighted by atomic mass is 19.1. The third-order valence-corrected chi connectivity index (χ3v) is 4.63. The van der Waals surface area contributed by atoms with Gasteiger partial charge in [-0.15, -0.1) is 5.10 Å². The number of halogens is 1. The number of hydrogen-bond acceptors (Lipinski definition) is 4. The van der Waals surface area contributed by atoms with Crippen molar-refractivity contribution in [1.29, 1.82) is 0 Å². The van der Waals surface area contributed by atoms with E-state index < -0.39 is 0 Å². The zero-order valence-electron chi connectivity index (χ0n) is 13.9. The van der Waals surface area contributed by atoms with Gasteiger partial charge < -0.3 is 5.32 Å². The summed E-state index contributed by atoms with van der Waals surface area (Å²) in [6.07, 6.45) is 3.92. The molecule has 1 aliphatic heterocycles. The zero-order chi connectivity index (χ0) is 16.7. The topological polar surface area (TPSA) is 60.6 Å². The van der Waals surface area contributed by atoms with Crippen LogP contribution in [0.5, 0.6) is 0 Å². The van der Waals surface area contributed by atoms with Crippen LogP contribution < -0.4 is 5.32 Å². The molecular weight excluding hydrogens is 307 g/mol. The van der Waals surface area contributed by atoms with E-state index in [4.69, 9.17) is 0 Å². The van der Waals surface area contributed by atoms with Gasteiger partial charge in [0.1, 0.15) is 11.3 Å². The van der Waals surface area contributed by atoms with Crippen LogP contribution in [0.15, 0.2) is 24.4 Å². The molecule has 7 heteroatoms. The summed E-state index contributed by atoms with van der Waals surface area (Å²) in [7, 11) is 0. The highest BCUT2D eigenvalue weighted by Crippen LogP contribution is 2.28. The summed E-state index contributed by atoms with van der Waals surface area (Å²) in [5, 5.41) is 17.3. The van der Waals surface area contributed by atoms with Gasteiger partial charge in [-0.25, -0.2) is 13.8 Å². The first-order chi connectivity index (χ1) is 11.6. The summed E-state index contributed by atoms with van der Waals surface area (Å²) < 4.78 is 17.9. The van der Waals surface area contributed by atoms with Gasteiger partial charge in [0, 0.05) is 5.39 Å². The first kappa shape index (κ1) is 15.3. The van der Waals surface area contributed by atoms with Gasteiger partial charge in [0.15, 0.2) is 5.82 Å². The lowest BCUT2D eigenvalue weighted by atomic mass is 10.1. The predicted molar refractivity (Wildman–Crippen MR) is 89.8 cm³/mol. The van der Waals surface area contributed by atoms with Crippen molar-refractivity contribution in [2.75, 3.05) is 13.1 Å². The number of fused-ring (bicyclic) bond motifs is 1. The molecule has 0 radical (unpaired) electrons. The molecule has 0 aliphatic carbocycles. The number of para-hydroxylation sites is 1. The third kappa shape index (κ3) is 2.49. The molecule has 1 fully saturated rings. The summed E-state index contributed by atoms with van der Waals surface area (Å²) >= 11 is 0. The largest absolute Gasteiger partial charge is 0.317 e. The van der Waals surface area contributed by atoms with Gasteiger partial charge in [-0.05, 0) is 37.9 Å². The normalized spacial score (nSPS) is 16.3. The van der Waals surface area contributed by atoms with Gasteiger partial charge in [-0.2, -0.15) is 5.10 Å². The Morgan fingerprint density at radius 3 is 2.79 bits per heavy atom. The number of aromatic nitrogens is 5. The third-order valence-electron chi connectivity index (χ3n) is 4.63. The molecule has 0 atom stereocenters. The summed E-state index contributed by atoms with van der Waals surface area (Å²) in [6, 6.07) is 5.43. The monoisotopic (exact) mass is 328 g/mol. The van der Waals surface area contributed by atoms with E-state index >= 15 is 0 Å². The van der Waals surface area contributed by atoms with Crippen LogP contribution in [0.2, 0.25) is 0 Å². The Bertz CT molecular complexity index is 859. The molecule has 2 aromatic heterocycles.